The van der Waals surface area contributed by atoms with Crippen molar-refractivity contribution < 1.29 is 35.1 Å². The van der Waals surface area contributed by atoms with Crippen molar-refractivity contribution in [2.24, 2.45) is 0 Å². The predicted octanol–water partition coefficient (Wildman–Crippen LogP) is 2.69. The highest BCUT2D eigenvalue weighted by Crippen LogP contribution is 2.46. The van der Waals surface area contributed by atoms with Crippen LogP contribution in [0.4, 0.5) is 14.5 Å². The Labute approximate surface area is 158 Å². The molecule has 0 saturated heterocycles. The summed E-state index contributed by atoms with van der Waals surface area (Å²) in [5.41, 5.74) is 0.0597. The first kappa shape index (κ1) is 18.5. The molecule has 2 N–H and O–H groups in total. The molecule has 0 bridgehead atoms. The molecule has 0 radical (unpaired) electrons. The van der Waals surface area contributed by atoms with Gasteiger partial charge in [-0.25, -0.2) is 16.8 Å². The highest BCUT2D eigenvalue weighted by atomic mass is 32.2. The van der Waals surface area contributed by atoms with Gasteiger partial charge in [-0.05, 0) is 24.3 Å². The van der Waals surface area contributed by atoms with Crippen LogP contribution in [-0.4, -0.2) is 34.4 Å². The number of nitrogens with one attached hydrogen (secondary N) is 2. The molecule has 0 aliphatic carbocycles. The van der Waals surface area contributed by atoms with Crippen LogP contribution in [0, 0.1) is 0 Å². The molecule has 0 unspecified atom stereocenters. The lowest BCUT2D eigenvalue weighted by Gasteiger charge is -2.10. The van der Waals surface area contributed by atoms with Gasteiger partial charge in [-0.1, -0.05) is 12.1 Å². The van der Waals surface area contributed by atoms with Crippen molar-refractivity contribution in [3.63, 3.8) is 0 Å². The van der Waals surface area contributed by atoms with Gasteiger partial charge in [0.2, 0.25) is 0 Å². The molecule has 12 heteroatoms. The van der Waals surface area contributed by atoms with Gasteiger partial charge in [0, 0.05) is 23.4 Å². The van der Waals surface area contributed by atoms with Crippen molar-refractivity contribution in [3.05, 3.63) is 42.6 Å². The van der Waals surface area contributed by atoms with Crippen LogP contribution in [0.25, 0.3) is 10.9 Å². The van der Waals surface area contributed by atoms with Crippen molar-refractivity contribution in [1.29, 1.82) is 0 Å². The van der Waals surface area contributed by atoms with E-state index in [0.717, 1.165) is 6.26 Å². The molecule has 1 aliphatic rings. The van der Waals surface area contributed by atoms with Gasteiger partial charge in [0.15, 0.2) is 21.3 Å². The first-order valence-corrected chi connectivity index (χ1v) is 11.1. The summed E-state index contributed by atoms with van der Waals surface area (Å²) < 4.78 is 86.3. The van der Waals surface area contributed by atoms with Gasteiger partial charge in [0.1, 0.15) is 4.90 Å². The number of H-pyrrole nitrogens is 1. The number of sulfone groups is 1. The van der Waals surface area contributed by atoms with Crippen LogP contribution in [0.1, 0.15) is 0 Å². The topological polar surface area (TPSA) is 115 Å². The molecule has 0 spiro atoms. The van der Waals surface area contributed by atoms with E-state index in [9.17, 15) is 25.6 Å². The smallest absolute Gasteiger partial charge is 0.395 e. The number of para-hydroxylation sites is 1. The third-order valence-corrected chi connectivity index (χ3v) is 6.52. The molecule has 0 saturated carbocycles. The summed E-state index contributed by atoms with van der Waals surface area (Å²) in [6, 6.07) is 7.73. The molecule has 28 heavy (non-hydrogen) atoms. The van der Waals surface area contributed by atoms with Gasteiger partial charge >= 0.3 is 6.29 Å². The van der Waals surface area contributed by atoms with E-state index in [2.05, 4.69) is 19.2 Å². The van der Waals surface area contributed by atoms with Gasteiger partial charge in [-0.15, -0.1) is 8.78 Å². The lowest BCUT2D eigenvalue weighted by Crippen LogP contribution is -2.26. The molecular weight excluding hydrogens is 418 g/mol. The normalized spacial score (nSPS) is 15.7. The van der Waals surface area contributed by atoms with E-state index in [4.69, 9.17) is 0 Å². The fraction of sp³-hybridized carbons (Fsp3) is 0.125. The van der Waals surface area contributed by atoms with E-state index < -0.39 is 31.9 Å². The zero-order valence-electron chi connectivity index (χ0n) is 14.1. The van der Waals surface area contributed by atoms with Crippen molar-refractivity contribution >= 4 is 36.5 Å². The zero-order valence-corrected chi connectivity index (χ0v) is 15.7. The number of aromatic nitrogens is 1. The average molecular weight is 430 g/mol. The molecule has 1 aliphatic heterocycles. The second-order valence-corrected chi connectivity index (χ2v) is 9.70. The number of rotatable bonds is 4. The second-order valence-electron chi connectivity index (χ2n) is 6.04. The number of aromatic amines is 1. The predicted molar refractivity (Wildman–Crippen MR) is 94.9 cm³/mol. The second kappa shape index (κ2) is 5.82. The molecule has 4 rings (SSSR count). The van der Waals surface area contributed by atoms with Crippen molar-refractivity contribution in [2.75, 3.05) is 11.0 Å². The van der Waals surface area contributed by atoms with Crippen LogP contribution in [0.3, 0.4) is 0 Å². The largest absolute Gasteiger partial charge is 0.586 e. The van der Waals surface area contributed by atoms with Gasteiger partial charge in [0.25, 0.3) is 10.0 Å². The Morgan fingerprint density at radius 3 is 2.54 bits per heavy atom. The van der Waals surface area contributed by atoms with E-state index in [1.807, 2.05) is 0 Å². The SMILES string of the molecule is CS(=O)(=O)c1ccc2c(S(=O)(=O)Nc3cccc4c3OC(F)(F)O4)c[nH]c2c1. The minimum Gasteiger partial charge on any atom is -0.395 e. The number of anilines is 1. The summed E-state index contributed by atoms with van der Waals surface area (Å²) >= 11 is 0. The van der Waals surface area contributed by atoms with Crippen LogP contribution >= 0.6 is 0 Å². The lowest BCUT2D eigenvalue weighted by atomic mass is 10.2. The van der Waals surface area contributed by atoms with Gasteiger partial charge < -0.3 is 14.5 Å². The molecule has 0 atom stereocenters. The third kappa shape index (κ3) is 3.14. The number of halogens is 2. The summed E-state index contributed by atoms with van der Waals surface area (Å²) in [6.45, 7) is 0. The monoisotopic (exact) mass is 430 g/mol. The van der Waals surface area contributed by atoms with Crippen LogP contribution in [-0.2, 0) is 19.9 Å². The molecule has 1 aromatic heterocycles. The molecule has 148 valence electrons. The maximum atomic E-state index is 13.3. The van der Waals surface area contributed by atoms with E-state index in [1.54, 1.807) is 0 Å². The Morgan fingerprint density at radius 2 is 1.82 bits per heavy atom. The lowest BCUT2D eigenvalue weighted by molar-refractivity contribution is -0.286. The van der Waals surface area contributed by atoms with Gasteiger partial charge in [-0.3, -0.25) is 4.72 Å². The summed E-state index contributed by atoms with van der Waals surface area (Å²) in [6.07, 6.45) is -1.69. The Bertz CT molecular complexity index is 1320. The number of sulfonamides is 1. The van der Waals surface area contributed by atoms with Crippen LogP contribution < -0.4 is 14.2 Å². The number of benzene rings is 2. The minimum atomic E-state index is -4.21. The number of hydrogen-bond donors (Lipinski definition) is 2. The number of ether oxygens (including phenoxy) is 2. The first-order chi connectivity index (χ1) is 13.0. The van der Waals surface area contributed by atoms with Crippen molar-refractivity contribution in [3.8, 4) is 11.5 Å². The number of hydrogen-bond acceptors (Lipinski definition) is 6. The zero-order chi connectivity index (χ0) is 20.3. The Kier molecular flexibility index (Phi) is 3.84. The van der Waals surface area contributed by atoms with Crippen LogP contribution in [0.5, 0.6) is 11.5 Å². The molecule has 8 nitrogen and oxygen atoms in total. The quantitative estimate of drug-likeness (QED) is 0.658. The maximum Gasteiger partial charge on any atom is 0.586 e. The third-order valence-electron chi connectivity index (χ3n) is 4.01. The summed E-state index contributed by atoms with van der Waals surface area (Å²) in [4.78, 5) is 2.53. The number of fused-ring (bicyclic) bond motifs is 2. The molecule has 2 aromatic carbocycles. The first-order valence-electron chi connectivity index (χ1n) is 7.69. The molecule has 3 aromatic rings. The molecule has 2 heterocycles. The molecular formula is C16H12F2N2O6S2. The number of alkyl halides is 2. The van der Waals surface area contributed by atoms with E-state index >= 15 is 0 Å². The van der Waals surface area contributed by atoms with Gasteiger partial charge in [-0.2, -0.15) is 0 Å². The summed E-state index contributed by atoms with van der Waals surface area (Å²) in [5.74, 6) is -0.739. The average Bonchev–Trinajstić information content (AvgIpc) is 3.13. The fourth-order valence-electron chi connectivity index (χ4n) is 2.78. The standard InChI is InChI=1S/C16H12F2N2O6S2/c1-27(21,22)9-5-6-10-12(7-9)19-8-14(10)28(23,24)20-11-3-2-4-13-15(11)26-16(17,18)25-13/h2-8,19-20H,1H3. The van der Waals surface area contributed by atoms with E-state index in [1.165, 1.54) is 42.6 Å². The van der Waals surface area contributed by atoms with Gasteiger partial charge in [0.05, 0.1) is 10.6 Å². The summed E-state index contributed by atoms with van der Waals surface area (Å²) in [7, 11) is -7.69. The molecule has 0 amide bonds. The highest BCUT2D eigenvalue weighted by molar-refractivity contribution is 7.93. The summed E-state index contributed by atoms with van der Waals surface area (Å²) in [5, 5.41) is 0.231. The van der Waals surface area contributed by atoms with Crippen LogP contribution in [0.2, 0.25) is 0 Å². The molecule has 0 fully saturated rings. The van der Waals surface area contributed by atoms with Crippen molar-refractivity contribution in [1.82, 2.24) is 4.98 Å². The van der Waals surface area contributed by atoms with Crippen LogP contribution in [0.15, 0.2) is 52.4 Å². The van der Waals surface area contributed by atoms with Crippen molar-refractivity contribution in [2.45, 2.75) is 16.1 Å². The minimum absolute atomic E-state index is 0.0208. The highest BCUT2D eigenvalue weighted by Gasteiger charge is 2.45. The van der Waals surface area contributed by atoms with E-state index in [0.29, 0.717) is 0 Å². The Morgan fingerprint density at radius 1 is 1.07 bits per heavy atom. The fourth-order valence-corrected chi connectivity index (χ4v) is 4.67. The Hall–Kier alpha value is -2.86. The Balaban J connectivity index is 1.74. The maximum absolute atomic E-state index is 13.3. The van der Waals surface area contributed by atoms with E-state index in [-0.39, 0.29) is 32.1 Å².